The number of hydrogen-bond acceptors (Lipinski definition) is 5. The van der Waals surface area contributed by atoms with Gasteiger partial charge in [0.15, 0.2) is 5.78 Å². The highest BCUT2D eigenvalue weighted by Gasteiger charge is 2.31. The maximum absolute atomic E-state index is 13.0. The minimum absolute atomic E-state index is 0.0754. The summed E-state index contributed by atoms with van der Waals surface area (Å²) in [6.07, 6.45) is -3.89. The first kappa shape index (κ1) is 21.9. The summed E-state index contributed by atoms with van der Waals surface area (Å²) in [6.45, 7) is 1.55. The molecule has 0 unspecified atom stereocenters. The van der Waals surface area contributed by atoms with E-state index in [0.29, 0.717) is 23.6 Å². The van der Waals surface area contributed by atoms with Gasteiger partial charge in [-0.05, 0) is 35.7 Å². The molecule has 32 heavy (non-hydrogen) atoms. The third kappa shape index (κ3) is 4.77. The second-order valence-corrected chi connectivity index (χ2v) is 8.22. The van der Waals surface area contributed by atoms with Crippen molar-refractivity contribution in [1.82, 2.24) is 10.3 Å². The van der Waals surface area contributed by atoms with Crippen LogP contribution in [-0.2, 0) is 23.8 Å². The van der Waals surface area contributed by atoms with E-state index in [9.17, 15) is 22.8 Å². The first-order valence-electron chi connectivity index (χ1n) is 9.79. The summed E-state index contributed by atoms with van der Waals surface area (Å²) in [5.74, 6) is -0.870. The maximum atomic E-state index is 13.0. The zero-order chi connectivity index (χ0) is 22.9. The predicted octanol–water partition coefficient (Wildman–Crippen LogP) is 5.09. The largest absolute Gasteiger partial charge is 0.416 e. The molecule has 1 aliphatic rings. The van der Waals surface area contributed by atoms with Crippen molar-refractivity contribution in [3.05, 3.63) is 81.3 Å². The van der Waals surface area contributed by atoms with Crippen LogP contribution >= 0.6 is 11.3 Å². The van der Waals surface area contributed by atoms with Gasteiger partial charge in [-0.3, -0.25) is 9.59 Å². The molecule has 0 radical (unpaired) electrons. The Kier molecular flexibility index (Phi) is 5.92. The zero-order valence-electron chi connectivity index (χ0n) is 16.9. The highest BCUT2D eigenvalue weighted by molar-refractivity contribution is 7.07. The molecule has 0 saturated carbocycles. The van der Waals surface area contributed by atoms with Crippen LogP contribution in [0.2, 0.25) is 0 Å². The first-order chi connectivity index (χ1) is 15.2. The van der Waals surface area contributed by atoms with Crippen LogP contribution in [0.15, 0.2) is 58.3 Å². The van der Waals surface area contributed by atoms with E-state index in [1.807, 2.05) is 12.1 Å². The third-order valence-electron chi connectivity index (χ3n) is 5.21. The fourth-order valence-corrected chi connectivity index (χ4v) is 4.01. The summed E-state index contributed by atoms with van der Waals surface area (Å²) in [5, 5.41) is 4.43. The molecule has 1 atom stereocenters. The lowest BCUT2D eigenvalue weighted by molar-refractivity contribution is -0.137. The van der Waals surface area contributed by atoms with E-state index < -0.39 is 23.6 Å². The predicted molar refractivity (Wildman–Crippen MR) is 115 cm³/mol. The summed E-state index contributed by atoms with van der Waals surface area (Å²) in [5.41, 5.74) is 3.91. The minimum atomic E-state index is -4.47. The van der Waals surface area contributed by atoms with Crippen molar-refractivity contribution in [2.45, 2.75) is 31.9 Å². The van der Waals surface area contributed by atoms with Crippen LogP contribution in [0.5, 0.6) is 0 Å². The van der Waals surface area contributed by atoms with Gasteiger partial charge in [-0.1, -0.05) is 30.3 Å². The summed E-state index contributed by atoms with van der Waals surface area (Å²) in [6, 6.07) is 10.2. The Balaban J connectivity index is 1.41. The van der Waals surface area contributed by atoms with Gasteiger partial charge < -0.3 is 5.32 Å². The number of benzene rings is 2. The van der Waals surface area contributed by atoms with Gasteiger partial charge in [-0.25, -0.2) is 9.98 Å². The number of aliphatic imine (C=N–C) groups is 1. The molecular weight excluding hydrogens is 439 g/mol. The van der Waals surface area contributed by atoms with Gasteiger partial charge in [0.2, 0.25) is 5.91 Å². The number of hydrogen-bond donors (Lipinski definition) is 1. The van der Waals surface area contributed by atoms with Gasteiger partial charge in [0, 0.05) is 18.2 Å². The monoisotopic (exact) mass is 457 g/mol. The number of amides is 1. The van der Waals surface area contributed by atoms with E-state index in [-0.39, 0.29) is 17.8 Å². The SMILES string of the molecule is C[C@H](C(=O)NC1=Nc2ccc(CC(=O)c3cscn3)cc2C1)c1cccc(C(F)(F)F)c1. The van der Waals surface area contributed by atoms with Crippen molar-refractivity contribution < 1.29 is 22.8 Å². The molecule has 5 nitrogen and oxygen atoms in total. The fraction of sp³-hybridized carbons (Fsp3) is 0.217. The summed E-state index contributed by atoms with van der Waals surface area (Å²) in [7, 11) is 0. The second kappa shape index (κ2) is 8.66. The Bertz CT molecular complexity index is 1200. The molecule has 2 aromatic carbocycles. The molecule has 0 aliphatic carbocycles. The molecule has 1 amide bonds. The van der Waals surface area contributed by atoms with Gasteiger partial charge in [-0.15, -0.1) is 11.3 Å². The van der Waals surface area contributed by atoms with E-state index in [4.69, 9.17) is 0 Å². The summed E-state index contributed by atoms with van der Waals surface area (Å²) in [4.78, 5) is 33.3. The van der Waals surface area contributed by atoms with Crippen molar-refractivity contribution in [3.63, 3.8) is 0 Å². The van der Waals surface area contributed by atoms with E-state index in [1.165, 1.54) is 23.5 Å². The highest BCUT2D eigenvalue weighted by Crippen LogP contribution is 2.31. The average molecular weight is 457 g/mol. The van der Waals surface area contributed by atoms with Crippen LogP contribution in [0.4, 0.5) is 18.9 Å². The molecule has 0 saturated heterocycles. The highest BCUT2D eigenvalue weighted by atomic mass is 32.1. The number of aromatic nitrogens is 1. The van der Waals surface area contributed by atoms with Gasteiger partial charge >= 0.3 is 6.18 Å². The second-order valence-electron chi connectivity index (χ2n) is 7.51. The van der Waals surface area contributed by atoms with Crippen LogP contribution < -0.4 is 5.32 Å². The van der Waals surface area contributed by atoms with Gasteiger partial charge in [0.25, 0.3) is 0 Å². The number of ketones is 1. The molecule has 2 heterocycles. The number of thiazole rings is 1. The lowest BCUT2D eigenvalue weighted by atomic mass is 9.98. The third-order valence-corrected chi connectivity index (χ3v) is 5.80. The topological polar surface area (TPSA) is 71.4 Å². The summed E-state index contributed by atoms with van der Waals surface area (Å²) < 4.78 is 38.9. The standard InChI is InChI=1S/C23H18F3N3O2S/c1-13(15-3-2-4-17(9-15)23(24,25)26)22(31)29-21-10-16-7-14(5-6-18(16)28-21)8-20(30)19-11-32-12-27-19/h2-7,9,11-13H,8,10H2,1H3,(H,28,29,31)/t13-/m0/s1. The van der Waals surface area contributed by atoms with Crippen molar-refractivity contribution in [3.8, 4) is 0 Å². The molecule has 164 valence electrons. The summed E-state index contributed by atoms with van der Waals surface area (Å²) >= 11 is 1.36. The zero-order valence-corrected chi connectivity index (χ0v) is 17.8. The number of alkyl halides is 3. The Morgan fingerprint density at radius 1 is 1.19 bits per heavy atom. The number of halogens is 3. The van der Waals surface area contributed by atoms with Crippen LogP contribution in [0.3, 0.4) is 0 Å². The number of carbonyl (C=O) groups excluding carboxylic acids is 2. The Morgan fingerprint density at radius 3 is 2.72 bits per heavy atom. The van der Waals surface area contributed by atoms with Crippen LogP contribution in [0.25, 0.3) is 0 Å². The molecule has 0 fully saturated rings. The van der Waals surface area contributed by atoms with E-state index in [1.54, 1.807) is 23.9 Å². The number of amidine groups is 1. The number of fused-ring (bicyclic) bond motifs is 1. The Labute approximate surface area is 186 Å². The van der Waals surface area contributed by atoms with Crippen LogP contribution in [0.1, 0.15) is 45.6 Å². The number of Topliss-reactive ketones (excluding diaryl/α,β-unsaturated/α-hetero) is 1. The normalized spacial score (nSPS) is 13.9. The molecule has 0 spiro atoms. The van der Waals surface area contributed by atoms with Gasteiger partial charge in [0.05, 0.1) is 22.7 Å². The fourth-order valence-electron chi connectivity index (χ4n) is 3.45. The van der Waals surface area contributed by atoms with Crippen molar-refractivity contribution in [2.75, 3.05) is 0 Å². The number of nitrogens with zero attached hydrogens (tertiary/aromatic N) is 2. The van der Waals surface area contributed by atoms with E-state index in [0.717, 1.165) is 23.3 Å². The van der Waals surface area contributed by atoms with Gasteiger partial charge in [-0.2, -0.15) is 13.2 Å². The molecule has 4 rings (SSSR count). The van der Waals surface area contributed by atoms with Crippen molar-refractivity contribution in [1.29, 1.82) is 0 Å². The molecule has 1 aliphatic heterocycles. The number of carbonyl (C=O) groups is 2. The molecular formula is C23H18F3N3O2S. The number of rotatable bonds is 5. The van der Waals surface area contributed by atoms with Crippen molar-refractivity contribution in [2.24, 2.45) is 4.99 Å². The molecule has 0 bridgehead atoms. The lowest BCUT2D eigenvalue weighted by Gasteiger charge is -2.14. The Hall–Kier alpha value is -3.33. The quantitative estimate of drug-likeness (QED) is 0.543. The lowest BCUT2D eigenvalue weighted by Crippen LogP contribution is -2.33. The Morgan fingerprint density at radius 2 is 2.00 bits per heavy atom. The average Bonchev–Trinajstić information content (AvgIpc) is 3.42. The van der Waals surface area contributed by atoms with Crippen LogP contribution in [-0.4, -0.2) is 22.5 Å². The first-order valence-corrected chi connectivity index (χ1v) is 10.7. The minimum Gasteiger partial charge on any atom is -0.313 e. The molecule has 1 aromatic heterocycles. The van der Waals surface area contributed by atoms with E-state index >= 15 is 0 Å². The molecule has 1 N–H and O–H groups in total. The number of nitrogens with one attached hydrogen (secondary N) is 1. The van der Waals surface area contributed by atoms with Gasteiger partial charge in [0.1, 0.15) is 11.5 Å². The van der Waals surface area contributed by atoms with Crippen molar-refractivity contribution >= 4 is 34.6 Å². The molecule has 9 heteroatoms. The van der Waals surface area contributed by atoms with Crippen LogP contribution in [0, 0.1) is 0 Å². The smallest absolute Gasteiger partial charge is 0.313 e. The maximum Gasteiger partial charge on any atom is 0.416 e. The van der Waals surface area contributed by atoms with E-state index in [2.05, 4.69) is 15.3 Å². The molecule has 3 aromatic rings.